The van der Waals surface area contributed by atoms with Crippen molar-refractivity contribution in [3.63, 3.8) is 0 Å². The first-order chi connectivity index (χ1) is 8.92. The number of hydrogen-bond donors (Lipinski definition) is 1. The van der Waals surface area contributed by atoms with E-state index >= 15 is 0 Å². The van der Waals surface area contributed by atoms with Gasteiger partial charge in [0.15, 0.2) is 0 Å². The van der Waals surface area contributed by atoms with E-state index < -0.39 is 10.0 Å². The van der Waals surface area contributed by atoms with Gasteiger partial charge in [0.05, 0.1) is 12.4 Å². The first-order valence-corrected chi connectivity index (χ1v) is 8.30. The predicted molar refractivity (Wildman–Crippen MR) is 78.0 cm³/mol. The van der Waals surface area contributed by atoms with E-state index in [1.807, 2.05) is 6.92 Å². The summed E-state index contributed by atoms with van der Waals surface area (Å²) in [5, 5.41) is 9.60. The van der Waals surface area contributed by atoms with E-state index in [1.165, 1.54) is 4.31 Å². The third-order valence-electron chi connectivity index (χ3n) is 2.60. The molecule has 0 aliphatic heterocycles. The number of halogens is 2. The third-order valence-corrected chi connectivity index (χ3v) is 5.12. The molecule has 0 fully saturated rings. The average Bonchev–Trinajstić information content (AvgIpc) is 2.34. The zero-order valence-corrected chi connectivity index (χ0v) is 13.0. The lowest BCUT2D eigenvalue weighted by molar-refractivity contribution is 0.253. The van der Waals surface area contributed by atoms with E-state index in [2.05, 4.69) is 0 Å². The third kappa shape index (κ3) is 4.61. The van der Waals surface area contributed by atoms with Crippen molar-refractivity contribution < 1.29 is 13.5 Å². The van der Waals surface area contributed by atoms with Crippen molar-refractivity contribution in [3.05, 3.63) is 33.8 Å². The first-order valence-electron chi connectivity index (χ1n) is 5.94. The molecule has 0 aromatic heterocycles. The summed E-state index contributed by atoms with van der Waals surface area (Å²) in [4.78, 5) is 0. The number of rotatable bonds is 7. The molecule has 0 radical (unpaired) electrons. The smallest absolute Gasteiger partial charge is 0.218 e. The van der Waals surface area contributed by atoms with Gasteiger partial charge in [-0.25, -0.2) is 8.42 Å². The number of hydrogen-bond acceptors (Lipinski definition) is 3. The van der Waals surface area contributed by atoms with Gasteiger partial charge in [-0.3, -0.25) is 0 Å². The molecule has 0 bridgehead atoms. The zero-order chi connectivity index (χ0) is 14.5. The van der Waals surface area contributed by atoms with Gasteiger partial charge in [0.2, 0.25) is 10.0 Å². The van der Waals surface area contributed by atoms with Crippen molar-refractivity contribution >= 4 is 33.2 Å². The molecular formula is C12H17Cl2NO3S. The molecule has 0 atom stereocenters. The standard InChI is InChI=1S/C12H17Cl2NO3S/c1-2-6-15(7-8-16)19(17,18)9-10-11(13)4-3-5-12(10)14/h3-5,16H,2,6-9H2,1H3. The maximum Gasteiger partial charge on any atom is 0.218 e. The lowest BCUT2D eigenvalue weighted by Gasteiger charge is -2.21. The van der Waals surface area contributed by atoms with Crippen LogP contribution >= 0.6 is 23.2 Å². The Kier molecular flexibility index (Phi) is 6.56. The summed E-state index contributed by atoms with van der Waals surface area (Å²) in [7, 11) is -3.54. The molecule has 0 aliphatic carbocycles. The molecule has 0 heterocycles. The number of sulfonamides is 1. The Bertz CT molecular complexity index is 493. The van der Waals surface area contributed by atoms with E-state index in [0.717, 1.165) is 0 Å². The van der Waals surface area contributed by atoms with E-state index in [1.54, 1.807) is 18.2 Å². The average molecular weight is 326 g/mol. The Morgan fingerprint density at radius 1 is 1.21 bits per heavy atom. The van der Waals surface area contributed by atoms with Crippen LogP contribution in [0.2, 0.25) is 10.0 Å². The minimum Gasteiger partial charge on any atom is -0.395 e. The Morgan fingerprint density at radius 2 is 1.79 bits per heavy atom. The fraction of sp³-hybridized carbons (Fsp3) is 0.500. The van der Waals surface area contributed by atoms with Gasteiger partial charge in [-0.1, -0.05) is 36.2 Å². The van der Waals surface area contributed by atoms with Crippen molar-refractivity contribution in [1.82, 2.24) is 4.31 Å². The highest BCUT2D eigenvalue weighted by atomic mass is 35.5. The Hall–Kier alpha value is -0.330. The summed E-state index contributed by atoms with van der Waals surface area (Å²) in [6, 6.07) is 4.88. The quantitative estimate of drug-likeness (QED) is 0.838. The van der Waals surface area contributed by atoms with Crippen LogP contribution in [0.3, 0.4) is 0 Å². The molecule has 7 heteroatoms. The van der Waals surface area contributed by atoms with Crippen molar-refractivity contribution in [1.29, 1.82) is 0 Å². The summed E-state index contributed by atoms with van der Waals surface area (Å²) < 4.78 is 25.8. The second kappa shape index (κ2) is 7.45. The second-order valence-corrected chi connectivity index (χ2v) is 6.86. The molecule has 1 aromatic carbocycles. The van der Waals surface area contributed by atoms with Gasteiger partial charge in [-0.05, 0) is 18.6 Å². The van der Waals surface area contributed by atoms with Crippen LogP contribution in [0.1, 0.15) is 18.9 Å². The number of aliphatic hydroxyl groups excluding tert-OH is 1. The van der Waals surface area contributed by atoms with Crippen LogP contribution < -0.4 is 0 Å². The van der Waals surface area contributed by atoms with E-state index in [9.17, 15) is 8.42 Å². The SMILES string of the molecule is CCCN(CCO)S(=O)(=O)Cc1c(Cl)cccc1Cl. The van der Waals surface area contributed by atoms with Crippen molar-refractivity contribution in [2.24, 2.45) is 0 Å². The fourth-order valence-electron chi connectivity index (χ4n) is 1.69. The van der Waals surface area contributed by atoms with Crippen molar-refractivity contribution in [3.8, 4) is 0 Å². The van der Waals surface area contributed by atoms with Crippen LogP contribution in [0, 0.1) is 0 Å². The summed E-state index contributed by atoms with van der Waals surface area (Å²) >= 11 is 12.0. The largest absolute Gasteiger partial charge is 0.395 e. The summed E-state index contributed by atoms with van der Waals surface area (Å²) in [5.74, 6) is -0.258. The van der Waals surface area contributed by atoms with Crippen LogP contribution in [0.25, 0.3) is 0 Å². The van der Waals surface area contributed by atoms with Gasteiger partial charge in [-0.2, -0.15) is 4.31 Å². The molecule has 108 valence electrons. The molecule has 1 N–H and O–H groups in total. The van der Waals surface area contributed by atoms with Gasteiger partial charge >= 0.3 is 0 Å². The Morgan fingerprint density at radius 3 is 2.26 bits per heavy atom. The normalized spacial score (nSPS) is 12.1. The number of aliphatic hydroxyl groups is 1. The molecule has 19 heavy (non-hydrogen) atoms. The van der Waals surface area contributed by atoms with E-state index in [4.69, 9.17) is 28.3 Å². The maximum atomic E-state index is 12.3. The van der Waals surface area contributed by atoms with Crippen LogP contribution in [0.15, 0.2) is 18.2 Å². The van der Waals surface area contributed by atoms with Crippen LogP contribution in [0.5, 0.6) is 0 Å². The minimum absolute atomic E-state index is 0.0816. The lowest BCUT2D eigenvalue weighted by Crippen LogP contribution is -2.35. The number of nitrogens with zero attached hydrogens (tertiary/aromatic N) is 1. The molecule has 0 saturated carbocycles. The summed E-state index contributed by atoms with van der Waals surface area (Å²) in [6.07, 6.45) is 0.676. The molecule has 4 nitrogen and oxygen atoms in total. The predicted octanol–water partition coefficient (Wildman–Crippen LogP) is 2.53. The monoisotopic (exact) mass is 325 g/mol. The summed E-state index contributed by atoms with van der Waals surface area (Å²) in [5.41, 5.74) is 0.393. The molecule has 0 spiro atoms. The van der Waals surface area contributed by atoms with Crippen LogP contribution in [-0.4, -0.2) is 37.5 Å². The van der Waals surface area contributed by atoms with E-state index in [0.29, 0.717) is 28.6 Å². The minimum atomic E-state index is -3.54. The van der Waals surface area contributed by atoms with E-state index in [-0.39, 0.29) is 18.9 Å². The topological polar surface area (TPSA) is 57.6 Å². The molecular weight excluding hydrogens is 309 g/mol. The fourth-order valence-corrected chi connectivity index (χ4v) is 4.06. The van der Waals surface area contributed by atoms with Gasteiger partial charge in [0, 0.05) is 28.7 Å². The molecule has 1 rings (SSSR count). The van der Waals surface area contributed by atoms with Crippen molar-refractivity contribution in [2.45, 2.75) is 19.1 Å². The Labute approximate surface area is 124 Å². The highest BCUT2D eigenvalue weighted by Gasteiger charge is 2.23. The highest BCUT2D eigenvalue weighted by molar-refractivity contribution is 7.88. The van der Waals surface area contributed by atoms with Crippen LogP contribution in [0.4, 0.5) is 0 Å². The Balaban J connectivity index is 3.00. The number of benzene rings is 1. The van der Waals surface area contributed by atoms with Gasteiger partial charge in [0.1, 0.15) is 0 Å². The summed E-state index contributed by atoms with van der Waals surface area (Å²) in [6.45, 7) is 2.11. The van der Waals surface area contributed by atoms with Gasteiger partial charge in [-0.15, -0.1) is 0 Å². The second-order valence-electron chi connectivity index (χ2n) is 4.08. The molecule has 1 aromatic rings. The van der Waals surface area contributed by atoms with Crippen LogP contribution in [-0.2, 0) is 15.8 Å². The zero-order valence-electron chi connectivity index (χ0n) is 10.6. The lowest BCUT2D eigenvalue weighted by atomic mass is 10.2. The molecule has 0 amide bonds. The van der Waals surface area contributed by atoms with Gasteiger partial charge < -0.3 is 5.11 Å². The highest BCUT2D eigenvalue weighted by Crippen LogP contribution is 2.27. The first kappa shape index (κ1) is 16.7. The molecule has 0 aliphatic rings. The van der Waals surface area contributed by atoms with Crippen molar-refractivity contribution in [2.75, 3.05) is 19.7 Å². The van der Waals surface area contributed by atoms with Gasteiger partial charge in [0.25, 0.3) is 0 Å². The maximum absolute atomic E-state index is 12.3. The molecule has 0 unspecified atom stereocenters. The molecule has 0 saturated heterocycles.